The van der Waals surface area contributed by atoms with Gasteiger partial charge in [0.2, 0.25) is 17.7 Å². The Morgan fingerprint density at radius 3 is 2.18 bits per heavy atom. The summed E-state index contributed by atoms with van der Waals surface area (Å²) in [6, 6.07) is 4.65. The number of carboxylic acids is 1. The van der Waals surface area contributed by atoms with Gasteiger partial charge in [0.05, 0.1) is 17.3 Å². The number of carboxylic acid groups (broad SMARTS) is 1. The molecule has 0 saturated carbocycles. The van der Waals surface area contributed by atoms with Gasteiger partial charge in [0.25, 0.3) is 0 Å². The maximum absolute atomic E-state index is 12.6. The molecular formula is C18H18N4O6. The van der Waals surface area contributed by atoms with Crippen molar-refractivity contribution >= 4 is 35.4 Å². The van der Waals surface area contributed by atoms with Crippen molar-refractivity contribution in [3.63, 3.8) is 0 Å². The molecule has 10 nitrogen and oxygen atoms in total. The first-order valence-electron chi connectivity index (χ1n) is 8.43. The standard InChI is InChI=1S/C18H18N4O6/c1-9(23)22-13(10-6-4-5-7-11(10)17(26)27)8-12(19-22)14-15(24)20(2)18(28)21(3)16(14)25/h4-7,13-14H,8H2,1-3H3,(H,26,27). The third-order valence-electron chi connectivity index (χ3n) is 4.87. The van der Waals surface area contributed by atoms with Crippen LogP contribution in [0.1, 0.15) is 35.3 Å². The monoisotopic (exact) mass is 386 g/mol. The lowest BCUT2D eigenvalue weighted by atomic mass is 9.90. The quantitative estimate of drug-likeness (QED) is 0.762. The second-order valence-electron chi connectivity index (χ2n) is 6.58. The number of aromatic carboxylic acids is 1. The Balaban J connectivity index is 2.02. The molecule has 0 bridgehead atoms. The molecule has 5 amide bonds. The SMILES string of the molecule is CC(=O)N1N=C(C2C(=O)N(C)C(=O)N(C)C2=O)CC1c1ccccc1C(=O)O. The molecule has 28 heavy (non-hydrogen) atoms. The first kappa shape index (κ1) is 19.2. The molecule has 0 radical (unpaired) electrons. The molecular weight excluding hydrogens is 368 g/mol. The predicted octanol–water partition coefficient (Wildman–Crippen LogP) is 0.701. The van der Waals surface area contributed by atoms with E-state index < -0.39 is 41.7 Å². The summed E-state index contributed by atoms with van der Waals surface area (Å²) in [6.45, 7) is 1.26. The molecule has 1 aromatic rings. The van der Waals surface area contributed by atoms with Crippen LogP contribution in [0.15, 0.2) is 29.4 Å². The Hall–Kier alpha value is -3.56. The number of hydrogen-bond donors (Lipinski definition) is 1. The van der Waals surface area contributed by atoms with Gasteiger partial charge in [-0.2, -0.15) is 5.10 Å². The number of benzene rings is 1. The number of amides is 5. The highest BCUT2D eigenvalue weighted by Crippen LogP contribution is 2.36. The van der Waals surface area contributed by atoms with Crippen LogP contribution in [-0.2, 0) is 14.4 Å². The molecule has 2 heterocycles. The van der Waals surface area contributed by atoms with Crippen molar-refractivity contribution in [1.29, 1.82) is 0 Å². The van der Waals surface area contributed by atoms with Gasteiger partial charge in [-0.05, 0) is 11.6 Å². The normalized spacial score (nSPS) is 20.7. The second kappa shape index (κ2) is 6.87. The van der Waals surface area contributed by atoms with E-state index in [1.807, 2.05) is 0 Å². The van der Waals surface area contributed by atoms with Crippen LogP contribution < -0.4 is 0 Å². The molecule has 1 N–H and O–H groups in total. The maximum atomic E-state index is 12.6. The van der Waals surface area contributed by atoms with Gasteiger partial charge in [0.15, 0.2) is 5.92 Å². The maximum Gasteiger partial charge on any atom is 0.336 e. The molecule has 3 rings (SSSR count). The van der Waals surface area contributed by atoms with E-state index in [4.69, 9.17) is 0 Å². The molecule has 1 unspecified atom stereocenters. The van der Waals surface area contributed by atoms with E-state index in [0.29, 0.717) is 5.56 Å². The average molecular weight is 386 g/mol. The largest absolute Gasteiger partial charge is 0.478 e. The summed E-state index contributed by atoms with van der Waals surface area (Å²) in [6.07, 6.45) is 0.00188. The van der Waals surface area contributed by atoms with Gasteiger partial charge in [0, 0.05) is 27.4 Å². The predicted molar refractivity (Wildman–Crippen MR) is 95.1 cm³/mol. The van der Waals surface area contributed by atoms with Gasteiger partial charge in [-0.25, -0.2) is 14.6 Å². The minimum Gasteiger partial charge on any atom is -0.478 e. The van der Waals surface area contributed by atoms with E-state index in [-0.39, 0.29) is 17.7 Å². The van der Waals surface area contributed by atoms with E-state index in [0.717, 1.165) is 14.8 Å². The van der Waals surface area contributed by atoms with Crippen molar-refractivity contribution in [3.8, 4) is 0 Å². The Morgan fingerprint density at radius 1 is 1.07 bits per heavy atom. The van der Waals surface area contributed by atoms with Crippen LogP contribution in [0.2, 0.25) is 0 Å². The number of hydrogen-bond acceptors (Lipinski definition) is 6. The lowest BCUT2D eigenvalue weighted by Gasteiger charge is -2.32. The average Bonchev–Trinajstić information content (AvgIpc) is 3.10. The van der Waals surface area contributed by atoms with Crippen LogP contribution in [0.4, 0.5) is 4.79 Å². The topological polar surface area (TPSA) is 128 Å². The zero-order valence-electron chi connectivity index (χ0n) is 15.4. The third-order valence-corrected chi connectivity index (χ3v) is 4.87. The fourth-order valence-corrected chi connectivity index (χ4v) is 3.41. The summed E-state index contributed by atoms with van der Waals surface area (Å²) >= 11 is 0. The smallest absolute Gasteiger partial charge is 0.336 e. The summed E-state index contributed by atoms with van der Waals surface area (Å²) in [4.78, 5) is 62.4. The highest BCUT2D eigenvalue weighted by atomic mass is 16.4. The van der Waals surface area contributed by atoms with E-state index in [9.17, 15) is 29.1 Å². The molecule has 2 aliphatic heterocycles. The lowest BCUT2D eigenvalue weighted by molar-refractivity contribution is -0.144. The number of nitrogens with zero attached hydrogens (tertiary/aromatic N) is 4. The minimum absolute atomic E-state index is 0.000844. The molecule has 0 aromatic heterocycles. The van der Waals surface area contributed by atoms with E-state index >= 15 is 0 Å². The summed E-state index contributed by atoms with van der Waals surface area (Å²) in [5.41, 5.74) is 0.458. The van der Waals surface area contributed by atoms with Crippen molar-refractivity contribution in [3.05, 3.63) is 35.4 Å². The van der Waals surface area contributed by atoms with Gasteiger partial charge in [-0.3, -0.25) is 24.2 Å². The fourth-order valence-electron chi connectivity index (χ4n) is 3.41. The van der Waals surface area contributed by atoms with Crippen LogP contribution >= 0.6 is 0 Å². The number of carbonyl (C=O) groups is 5. The Labute approximate surface area is 160 Å². The highest BCUT2D eigenvalue weighted by Gasteiger charge is 2.48. The molecule has 1 aromatic carbocycles. The summed E-state index contributed by atoms with van der Waals surface area (Å²) in [7, 11) is 2.52. The van der Waals surface area contributed by atoms with E-state index in [1.54, 1.807) is 18.2 Å². The number of hydrazone groups is 1. The zero-order valence-corrected chi connectivity index (χ0v) is 15.4. The molecule has 0 spiro atoms. The highest BCUT2D eigenvalue weighted by molar-refractivity contribution is 6.27. The first-order chi connectivity index (χ1) is 13.1. The van der Waals surface area contributed by atoms with E-state index in [1.165, 1.54) is 27.1 Å². The van der Waals surface area contributed by atoms with Crippen molar-refractivity contribution < 1.29 is 29.1 Å². The molecule has 2 aliphatic rings. The summed E-state index contributed by atoms with van der Waals surface area (Å²) in [5, 5.41) is 14.7. The molecule has 146 valence electrons. The van der Waals surface area contributed by atoms with Crippen LogP contribution in [0.3, 0.4) is 0 Å². The fraction of sp³-hybridized carbons (Fsp3) is 0.333. The van der Waals surface area contributed by atoms with Crippen LogP contribution in [0.25, 0.3) is 0 Å². The number of rotatable bonds is 3. The van der Waals surface area contributed by atoms with Crippen LogP contribution in [0, 0.1) is 5.92 Å². The number of barbiturate groups is 1. The summed E-state index contributed by atoms with van der Waals surface area (Å²) < 4.78 is 0. The number of imide groups is 2. The third kappa shape index (κ3) is 2.92. The Bertz CT molecular complexity index is 916. The van der Waals surface area contributed by atoms with Gasteiger partial charge in [-0.1, -0.05) is 18.2 Å². The molecule has 1 atom stereocenters. The van der Waals surface area contributed by atoms with E-state index in [2.05, 4.69) is 5.10 Å². The molecule has 0 aliphatic carbocycles. The van der Waals surface area contributed by atoms with Crippen molar-refractivity contribution in [2.24, 2.45) is 11.0 Å². The molecule has 1 fully saturated rings. The second-order valence-corrected chi connectivity index (χ2v) is 6.58. The van der Waals surface area contributed by atoms with Gasteiger partial charge < -0.3 is 5.11 Å². The number of urea groups is 1. The van der Waals surface area contributed by atoms with Crippen LogP contribution in [-0.4, -0.2) is 69.4 Å². The first-order valence-corrected chi connectivity index (χ1v) is 8.43. The lowest BCUT2D eigenvalue weighted by Crippen LogP contribution is -2.58. The van der Waals surface area contributed by atoms with Crippen molar-refractivity contribution in [2.75, 3.05) is 14.1 Å². The summed E-state index contributed by atoms with van der Waals surface area (Å²) in [5.74, 6) is -4.43. The number of carbonyl (C=O) groups excluding carboxylic acids is 4. The van der Waals surface area contributed by atoms with Crippen molar-refractivity contribution in [1.82, 2.24) is 14.8 Å². The van der Waals surface area contributed by atoms with Gasteiger partial charge in [-0.15, -0.1) is 0 Å². The zero-order chi connectivity index (χ0) is 20.7. The Morgan fingerprint density at radius 2 is 1.64 bits per heavy atom. The molecule has 10 heteroatoms. The minimum atomic E-state index is -1.34. The van der Waals surface area contributed by atoms with Gasteiger partial charge in [0.1, 0.15) is 0 Å². The molecule has 1 saturated heterocycles. The Kier molecular flexibility index (Phi) is 4.72. The van der Waals surface area contributed by atoms with Gasteiger partial charge >= 0.3 is 12.0 Å². The van der Waals surface area contributed by atoms with Crippen LogP contribution in [0.5, 0.6) is 0 Å². The van der Waals surface area contributed by atoms with Crippen molar-refractivity contribution in [2.45, 2.75) is 19.4 Å².